The van der Waals surface area contributed by atoms with E-state index in [1.807, 2.05) is 35.1 Å². The van der Waals surface area contributed by atoms with E-state index in [9.17, 15) is 13.2 Å². The molecule has 1 amide bonds. The van der Waals surface area contributed by atoms with Crippen LogP contribution in [0.5, 0.6) is 0 Å². The lowest BCUT2D eigenvalue weighted by Crippen LogP contribution is -2.26. The summed E-state index contributed by atoms with van der Waals surface area (Å²) >= 11 is 1.56. The highest BCUT2D eigenvalue weighted by molar-refractivity contribution is 7.91. The normalized spacial score (nSPS) is 20.2. The first-order valence-corrected chi connectivity index (χ1v) is 14.2. The lowest BCUT2D eigenvalue weighted by molar-refractivity contribution is 0.0951. The van der Waals surface area contributed by atoms with Crippen molar-refractivity contribution in [2.75, 3.05) is 18.1 Å². The maximum atomic E-state index is 13.2. The molecule has 1 saturated heterocycles. The van der Waals surface area contributed by atoms with Gasteiger partial charge in [-0.05, 0) is 63.0 Å². The number of sulfone groups is 1. The number of carbonyl (C=O) groups is 1. The average Bonchev–Trinajstić information content (AvgIpc) is 3.52. The molecule has 1 atom stereocenters. The van der Waals surface area contributed by atoms with E-state index < -0.39 is 9.84 Å². The van der Waals surface area contributed by atoms with Crippen LogP contribution in [0.15, 0.2) is 35.2 Å². The third kappa shape index (κ3) is 4.61. The van der Waals surface area contributed by atoms with Crippen LogP contribution in [-0.4, -0.2) is 46.9 Å². The van der Waals surface area contributed by atoms with Gasteiger partial charge in [0.05, 0.1) is 33.6 Å². The number of fused-ring (bicyclic) bond motifs is 1. The van der Waals surface area contributed by atoms with Crippen molar-refractivity contribution in [2.24, 2.45) is 0 Å². The molecule has 4 heterocycles. The number of nitrogens with zero attached hydrogens (tertiary/aromatic N) is 3. The zero-order chi connectivity index (χ0) is 23.0. The van der Waals surface area contributed by atoms with Gasteiger partial charge in [-0.2, -0.15) is 0 Å². The standard InChI is InChI=1S/C24H28N4O3S2/c1-16-26-22-20(28(16)18-10-13-33(30,31)15-18)14-19(21-8-5-12-32-21)27-23(22)24(29)25-11-9-17-6-3-2-4-7-17/h5-6,8,12,14,18H,2-4,7,9-11,13,15H2,1H3,(H,25,29). The Hall–Kier alpha value is -2.52. The van der Waals surface area contributed by atoms with Gasteiger partial charge < -0.3 is 9.88 Å². The summed E-state index contributed by atoms with van der Waals surface area (Å²) in [6, 6.07) is 5.70. The van der Waals surface area contributed by atoms with Gasteiger partial charge in [0, 0.05) is 6.54 Å². The van der Waals surface area contributed by atoms with Crippen molar-refractivity contribution in [3.63, 3.8) is 0 Å². The van der Waals surface area contributed by atoms with Crippen LogP contribution in [-0.2, 0) is 9.84 Å². The van der Waals surface area contributed by atoms with Gasteiger partial charge in [-0.1, -0.05) is 17.7 Å². The minimum absolute atomic E-state index is 0.104. The monoisotopic (exact) mass is 484 g/mol. The molecule has 1 N–H and O–H groups in total. The van der Waals surface area contributed by atoms with E-state index in [-0.39, 0.29) is 23.5 Å². The van der Waals surface area contributed by atoms with Gasteiger partial charge in [0.2, 0.25) is 0 Å². The number of aryl methyl sites for hydroxylation is 1. The second kappa shape index (κ2) is 9.02. The van der Waals surface area contributed by atoms with E-state index in [1.54, 1.807) is 11.3 Å². The van der Waals surface area contributed by atoms with Crippen molar-refractivity contribution in [3.8, 4) is 10.6 Å². The number of nitrogens with one attached hydrogen (secondary N) is 1. The Kier molecular flexibility index (Phi) is 6.09. The van der Waals surface area contributed by atoms with Crippen LogP contribution in [0.2, 0.25) is 0 Å². The number of thiophene rings is 1. The lowest BCUT2D eigenvalue weighted by atomic mass is 9.97. The molecular formula is C24H28N4O3S2. The van der Waals surface area contributed by atoms with Gasteiger partial charge in [0.25, 0.3) is 5.91 Å². The maximum absolute atomic E-state index is 13.2. The molecule has 33 heavy (non-hydrogen) atoms. The van der Waals surface area contributed by atoms with Crippen molar-refractivity contribution < 1.29 is 13.2 Å². The van der Waals surface area contributed by atoms with Gasteiger partial charge in [0.1, 0.15) is 11.3 Å². The molecule has 9 heteroatoms. The van der Waals surface area contributed by atoms with Crippen molar-refractivity contribution in [1.82, 2.24) is 19.9 Å². The molecule has 1 aliphatic heterocycles. The highest BCUT2D eigenvalue weighted by Crippen LogP contribution is 2.33. The van der Waals surface area contributed by atoms with Gasteiger partial charge in [-0.25, -0.2) is 18.4 Å². The van der Waals surface area contributed by atoms with Crippen LogP contribution in [0.1, 0.15) is 60.9 Å². The molecule has 7 nitrogen and oxygen atoms in total. The maximum Gasteiger partial charge on any atom is 0.272 e. The molecule has 0 radical (unpaired) electrons. The van der Waals surface area contributed by atoms with E-state index in [4.69, 9.17) is 4.98 Å². The molecule has 3 aromatic heterocycles. The summed E-state index contributed by atoms with van der Waals surface area (Å²) in [6.45, 7) is 2.44. The van der Waals surface area contributed by atoms with E-state index in [0.29, 0.717) is 35.7 Å². The first kappa shape index (κ1) is 22.3. The molecular weight excluding hydrogens is 456 g/mol. The van der Waals surface area contributed by atoms with Crippen molar-refractivity contribution in [3.05, 3.63) is 46.7 Å². The number of imidazole rings is 1. The van der Waals surface area contributed by atoms with Crippen molar-refractivity contribution >= 4 is 38.1 Å². The molecule has 0 bridgehead atoms. The van der Waals surface area contributed by atoms with Crippen LogP contribution in [0.3, 0.4) is 0 Å². The summed E-state index contributed by atoms with van der Waals surface area (Å²) in [4.78, 5) is 23.6. The van der Waals surface area contributed by atoms with Gasteiger partial charge in [0.15, 0.2) is 15.5 Å². The van der Waals surface area contributed by atoms with E-state index in [1.165, 1.54) is 18.4 Å². The minimum Gasteiger partial charge on any atom is -0.350 e. The second-order valence-electron chi connectivity index (χ2n) is 8.90. The quantitative estimate of drug-likeness (QED) is 0.522. The molecule has 0 aromatic carbocycles. The average molecular weight is 485 g/mol. The number of hydrogen-bond donors (Lipinski definition) is 1. The Morgan fingerprint density at radius 2 is 2.18 bits per heavy atom. The Morgan fingerprint density at radius 1 is 1.30 bits per heavy atom. The predicted molar refractivity (Wildman–Crippen MR) is 131 cm³/mol. The van der Waals surface area contributed by atoms with E-state index in [2.05, 4.69) is 16.4 Å². The first-order chi connectivity index (χ1) is 15.9. The number of amides is 1. The van der Waals surface area contributed by atoms with Crippen LogP contribution >= 0.6 is 11.3 Å². The molecule has 1 aliphatic carbocycles. The number of pyridine rings is 1. The number of hydrogen-bond acceptors (Lipinski definition) is 6. The highest BCUT2D eigenvalue weighted by atomic mass is 32.2. The van der Waals surface area contributed by atoms with Crippen molar-refractivity contribution in [1.29, 1.82) is 0 Å². The molecule has 2 aliphatic rings. The highest BCUT2D eigenvalue weighted by Gasteiger charge is 2.32. The van der Waals surface area contributed by atoms with Gasteiger partial charge >= 0.3 is 0 Å². The Labute approximate surface area is 197 Å². The number of rotatable bonds is 6. The molecule has 1 unspecified atom stereocenters. The number of allylic oxidation sites excluding steroid dienone is 1. The molecule has 3 aromatic rings. The summed E-state index contributed by atoms with van der Waals surface area (Å²) in [5.74, 6) is 0.757. The smallest absolute Gasteiger partial charge is 0.272 e. The summed E-state index contributed by atoms with van der Waals surface area (Å²) in [6.07, 6.45) is 8.41. The molecule has 1 fully saturated rings. The second-order valence-corrected chi connectivity index (χ2v) is 12.1. The summed E-state index contributed by atoms with van der Waals surface area (Å²) < 4.78 is 26.3. The SMILES string of the molecule is Cc1nc2c(C(=O)NCCC3=CCCCC3)nc(-c3cccs3)cc2n1C1CCS(=O)(=O)C1. The fourth-order valence-corrected chi connectivity index (χ4v) is 7.30. The first-order valence-electron chi connectivity index (χ1n) is 11.5. The zero-order valence-corrected chi connectivity index (χ0v) is 20.3. The Balaban J connectivity index is 1.51. The Bertz CT molecular complexity index is 1320. The van der Waals surface area contributed by atoms with Crippen LogP contribution in [0, 0.1) is 6.92 Å². The minimum atomic E-state index is -3.06. The largest absolute Gasteiger partial charge is 0.350 e. The van der Waals surface area contributed by atoms with Crippen LogP contribution in [0.25, 0.3) is 21.6 Å². The Morgan fingerprint density at radius 3 is 2.88 bits per heavy atom. The van der Waals surface area contributed by atoms with Gasteiger partial charge in [-0.3, -0.25) is 4.79 Å². The summed E-state index contributed by atoms with van der Waals surface area (Å²) in [5.41, 5.74) is 3.73. The van der Waals surface area contributed by atoms with Crippen LogP contribution < -0.4 is 5.32 Å². The fourth-order valence-electron chi connectivity index (χ4n) is 4.91. The van der Waals surface area contributed by atoms with Gasteiger partial charge in [-0.15, -0.1) is 11.3 Å². The molecule has 174 valence electrons. The molecule has 0 saturated carbocycles. The third-order valence-corrected chi connectivity index (χ3v) is 9.18. The van der Waals surface area contributed by atoms with E-state index in [0.717, 1.165) is 29.7 Å². The summed E-state index contributed by atoms with van der Waals surface area (Å²) in [5, 5.41) is 5.02. The fraction of sp³-hybridized carbons (Fsp3) is 0.458. The zero-order valence-electron chi connectivity index (χ0n) is 18.7. The number of carbonyl (C=O) groups excluding carboxylic acids is 1. The van der Waals surface area contributed by atoms with Crippen molar-refractivity contribution in [2.45, 2.75) is 51.5 Å². The topological polar surface area (TPSA) is 93.9 Å². The lowest BCUT2D eigenvalue weighted by Gasteiger charge is -2.15. The molecule has 0 spiro atoms. The predicted octanol–water partition coefficient (Wildman–Crippen LogP) is 4.45. The van der Waals surface area contributed by atoms with E-state index >= 15 is 0 Å². The number of aromatic nitrogens is 3. The third-order valence-electron chi connectivity index (χ3n) is 6.53. The van der Waals surface area contributed by atoms with Crippen LogP contribution in [0.4, 0.5) is 0 Å². The molecule has 5 rings (SSSR count). The summed E-state index contributed by atoms with van der Waals surface area (Å²) in [7, 11) is -3.06.